The number of nitro groups is 1. The van der Waals surface area contributed by atoms with E-state index in [0.717, 1.165) is 16.5 Å². The Bertz CT molecular complexity index is 910. The van der Waals surface area contributed by atoms with Gasteiger partial charge in [0.25, 0.3) is 5.69 Å². The van der Waals surface area contributed by atoms with Crippen LogP contribution >= 0.6 is 15.9 Å². The maximum Gasteiger partial charge on any atom is 0.278 e. The molecule has 1 aliphatic rings. The highest BCUT2D eigenvalue weighted by Gasteiger charge is 2.24. The molecule has 2 aromatic carbocycles. The molecular weight excluding hydrogens is 398 g/mol. The fourth-order valence-electron chi connectivity index (χ4n) is 2.79. The van der Waals surface area contributed by atoms with Gasteiger partial charge in [0.1, 0.15) is 5.84 Å². The van der Waals surface area contributed by atoms with Crippen LogP contribution in [-0.4, -0.2) is 34.6 Å². The van der Waals surface area contributed by atoms with E-state index >= 15 is 0 Å². The van der Waals surface area contributed by atoms with Crippen LogP contribution in [0.3, 0.4) is 0 Å². The molecule has 0 saturated heterocycles. The third-order valence-corrected chi connectivity index (χ3v) is 4.49. The number of halogens is 1. The molecule has 1 aliphatic heterocycles. The number of fused-ring (bicyclic) bond motifs is 1. The summed E-state index contributed by atoms with van der Waals surface area (Å²) in [5.41, 5.74) is 2.43. The molecule has 0 aliphatic carbocycles. The van der Waals surface area contributed by atoms with Crippen LogP contribution in [0.5, 0.6) is 0 Å². The maximum absolute atomic E-state index is 11.5. The van der Waals surface area contributed by atoms with Crippen molar-refractivity contribution in [2.45, 2.75) is 13.3 Å². The molecular formula is C18H18BrN5O2. The van der Waals surface area contributed by atoms with Crippen LogP contribution in [0.2, 0.25) is 0 Å². The first-order valence-corrected chi connectivity index (χ1v) is 8.98. The number of nitrogens with zero attached hydrogens (tertiary/aromatic N) is 4. The monoisotopic (exact) mass is 415 g/mol. The van der Waals surface area contributed by atoms with Crippen LogP contribution in [0.15, 0.2) is 56.9 Å². The summed E-state index contributed by atoms with van der Waals surface area (Å²) in [5, 5.41) is 13.1. The molecule has 1 heterocycles. The predicted octanol–water partition coefficient (Wildman–Crippen LogP) is 3.82. The minimum absolute atomic E-state index is 0.0128. The van der Waals surface area contributed by atoms with Crippen LogP contribution in [0.1, 0.15) is 24.5 Å². The molecule has 0 fully saturated rings. The number of amidine groups is 1. The van der Waals surface area contributed by atoms with Gasteiger partial charge in [0, 0.05) is 22.6 Å². The van der Waals surface area contributed by atoms with Crippen LogP contribution in [0.25, 0.3) is 0 Å². The zero-order valence-corrected chi connectivity index (χ0v) is 15.8. The number of benzene rings is 2. The van der Waals surface area contributed by atoms with Crippen LogP contribution in [0.4, 0.5) is 11.4 Å². The summed E-state index contributed by atoms with van der Waals surface area (Å²) in [7, 11) is 0. The Kier molecular flexibility index (Phi) is 5.43. The molecule has 0 bridgehead atoms. The second kappa shape index (κ2) is 7.76. The zero-order chi connectivity index (χ0) is 18.7. The van der Waals surface area contributed by atoms with Crippen molar-refractivity contribution in [2.75, 3.05) is 13.1 Å². The van der Waals surface area contributed by atoms with E-state index in [-0.39, 0.29) is 12.2 Å². The SMILES string of the molecule is CCCN(N)C1=Nc2ccc(Br)cc2C(c2ccccc2[N+](=O)[O-])=NC1. The van der Waals surface area contributed by atoms with E-state index in [4.69, 9.17) is 5.84 Å². The zero-order valence-electron chi connectivity index (χ0n) is 14.2. The Morgan fingerprint density at radius 3 is 2.77 bits per heavy atom. The molecule has 2 N–H and O–H groups in total. The second-order valence-corrected chi connectivity index (χ2v) is 6.74. The van der Waals surface area contributed by atoms with Gasteiger partial charge in [0.05, 0.1) is 28.4 Å². The highest BCUT2D eigenvalue weighted by Crippen LogP contribution is 2.31. The number of rotatable bonds is 4. The van der Waals surface area contributed by atoms with Gasteiger partial charge >= 0.3 is 0 Å². The molecule has 0 aromatic heterocycles. The van der Waals surface area contributed by atoms with Gasteiger partial charge in [-0.1, -0.05) is 35.0 Å². The standard InChI is InChI=1S/C18H18BrN5O2/c1-2-9-23(20)17-11-21-18(13-5-3-4-6-16(13)24(25)26)14-10-12(19)7-8-15(14)22-17/h3-8,10H,2,9,11,20H2,1H3. The molecule has 0 amide bonds. The molecule has 26 heavy (non-hydrogen) atoms. The number of hydrogen-bond donors (Lipinski definition) is 1. The molecule has 0 spiro atoms. The van der Waals surface area contributed by atoms with Crippen LogP contribution < -0.4 is 5.84 Å². The smallest absolute Gasteiger partial charge is 0.278 e. The quantitative estimate of drug-likeness (QED) is 0.466. The van der Waals surface area contributed by atoms with Gasteiger partial charge in [-0.15, -0.1) is 0 Å². The number of hydrazine groups is 1. The first kappa shape index (κ1) is 18.2. The van der Waals surface area contributed by atoms with Crippen molar-refractivity contribution in [3.05, 3.63) is 68.2 Å². The lowest BCUT2D eigenvalue weighted by Gasteiger charge is -2.18. The minimum Gasteiger partial charge on any atom is -0.297 e. The first-order chi connectivity index (χ1) is 12.5. The predicted molar refractivity (Wildman–Crippen MR) is 106 cm³/mol. The minimum atomic E-state index is -0.394. The number of para-hydroxylation sites is 1. The maximum atomic E-state index is 11.5. The molecule has 134 valence electrons. The summed E-state index contributed by atoms with van der Waals surface area (Å²) in [6, 6.07) is 12.2. The van der Waals surface area contributed by atoms with Gasteiger partial charge < -0.3 is 0 Å². The van der Waals surface area contributed by atoms with E-state index in [1.54, 1.807) is 23.2 Å². The van der Waals surface area contributed by atoms with E-state index in [1.165, 1.54) is 6.07 Å². The lowest BCUT2D eigenvalue weighted by molar-refractivity contribution is -0.385. The van der Waals surface area contributed by atoms with Crippen molar-refractivity contribution in [1.29, 1.82) is 0 Å². The van der Waals surface area contributed by atoms with Crippen molar-refractivity contribution < 1.29 is 4.92 Å². The average molecular weight is 416 g/mol. The van der Waals surface area contributed by atoms with Gasteiger partial charge in [-0.05, 0) is 30.7 Å². The van der Waals surface area contributed by atoms with Gasteiger partial charge in [-0.2, -0.15) is 0 Å². The Balaban J connectivity index is 2.18. The largest absolute Gasteiger partial charge is 0.297 e. The normalized spacial score (nSPS) is 13.3. The number of nitrogens with two attached hydrogens (primary N) is 1. The average Bonchev–Trinajstić information content (AvgIpc) is 2.81. The Labute approximate surface area is 159 Å². The van der Waals surface area contributed by atoms with Crippen molar-refractivity contribution >= 4 is 38.9 Å². The van der Waals surface area contributed by atoms with Gasteiger partial charge in [0.15, 0.2) is 0 Å². The van der Waals surface area contributed by atoms with Crippen molar-refractivity contribution in [3.8, 4) is 0 Å². The molecule has 3 rings (SSSR count). The third kappa shape index (κ3) is 3.66. The Morgan fingerprint density at radius 1 is 1.27 bits per heavy atom. The molecule has 0 unspecified atom stereocenters. The van der Waals surface area contributed by atoms with Crippen molar-refractivity contribution in [2.24, 2.45) is 15.8 Å². The van der Waals surface area contributed by atoms with Gasteiger partial charge in [0.2, 0.25) is 0 Å². The van der Waals surface area contributed by atoms with E-state index in [1.807, 2.05) is 25.1 Å². The molecule has 0 saturated carbocycles. The summed E-state index contributed by atoms with van der Waals surface area (Å²) < 4.78 is 0.847. The summed E-state index contributed by atoms with van der Waals surface area (Å²) in [6.07, 6.45) is 0.878. The Morgan fingerprint density at radius 2 is 2.04 bits per heavy atom. The molecule has 0 atom stereocenters. The Hall–Kier alpha value is -2.58. The highest BCUT2D eigenvalue weighted by molar-refractivity contribution is 9.10. The molecule has 2 aromatic rings. The number of aliphatic imine (C=N–C) groups is 2. The second-order valence-electron chi connectivity index (χ2n) is 5.82. The molecule has 0 radical (unpaired) electrons. The molecule has 8 heteroatoms. The first-order valence-electron chi connectivity index (χ1n) is 8.19. The topological polar surface area (TPSA) is 97.1 Å². The highest BCUT2D eigenvalue weighted by atomic mass is 79.9. The van der Waals surface area contributed by atoms with Crippen molar-refractivity contribution in [1.82, 2.24) is 5.01 Å². The van der Waals surface area contributed by atoms with Crippen LogP contribution in [0, 0.1) is 10.1 Å². The van der Waals surface area contributed by atoms with Gasteiger partial charge in [-0.25, -0.2) is 10.8 Å². The van der Waals surface area contributed by atoms with Crippen molar-refractivity contribution in [3.63, 3.8) is 0 Å². The molecule has 7 nitrogen and oxygen atoms in total. The fraction of sp³-hybridized carbons (Fsp3) is 0.222. The van der Waals surface area contributed by atoms with E-state index < -0.39 is 4.92 Å². The number of nitro benzene ring substituents is 1. The summed E-state index contributed by atoms with van der Waals surface area (Å²) in [4.78, 5) is 20.4. The summed E-state index contributed by atoms with van der Waals surface area (Å²) in [5.74, 6) is 6.72. The van der Waals surface area contributed by atoms with E-state index in [0.29, 0.717) is 29.3 Å². The van der Waals surface area contributed by atoms with Crippen LogP contribution in [-0.2, 0) is 0 Å². The number of hydrogen-bond acceptors (Lipinski definition) is 6. The lowest BCUT2D eigenvalue weighted by Crippen LogP contribution is -2.39. The van der Waals surface area contributed by atoms with Gasteiger partial charge in [-0.3, -0.25) is 20.1 Å². The summed E-state index contributed by atoms with van der Waals surface area (Å²) >= 11 is 3.46. The van der Waals surface area contributed by atoms with E-state index in [9.17, 15) is 10.1 Å². The fourth-order valence-corrected chi connectivity index (χ4v) is 3.15. The van der Waals surface area contributed by atoms with E-state index in [2.05, 4.69) is 25.9 Å². The summed E-state index contributed by atoms with van der Waals surface area (Å²) in [6.45, 7) is 2.94. The lowest BCUT2D eigenvalue weighted by atomic mass is 9.99. The third-order valence-electron chi connectivity index (χ3n) is 3.99.